The summed E-state index contributed by atoms with van der Waals surface area (Å²) >= 11 is 0. The van der Waals surface area contributed by atoms with E-state index in [9.17, 15) is 4.79 Å². The van der Waals surface area contributed by atoms with E-state index in [1.54, 1.807) is 10.9 Å². The molecule has 1 amide bonds. The summed E-state index contributed by atoms with van der Waals surface area (Å²) in [5.41, 5.74) is 5.73. The third kappa shape index (κ3) is 4.27. The Morgan fingerprint density at radius 2 is 1.76 bits per heavy atom. The van der Waals surface area contributed by atoms with Crippen molar-refractivity contribution in [2.75, 3.05) is 5.32 Å². The Hall–Kier alpha value is -4.76. The van der Waals surface area contributed by atoms with Gasteiger partial charge in [0.05, 0.1) is 22.3 Å². The van der Waals surface area contributed by atoms with Crippen molar-refractivity contribution in [1.82, 2.24) is 19.7 Å². The highest BCUT2D eigenvalue weighted by Gasteiger charge is 2.19. The van der Waals surface area contributed by atoms with Gasteiger partial charge in [-0.15, -0.1) is 0 Å². The fourth-order valence-electron chi connectivity index (χ4n) is 3.83. The van der Waals surface area contributed by atoms with Gasteiger partial charge >= 0.3 is 0 Å². The number of fused-ring (bicyclic) bond motifs is 1. The lowest BCUT2D eigenvalue weighted by atomic mass is 10.0. The largest absolute Gasteiger partial charge is 0.322 e. The maximum absolute atomic E-state index is 13.4. The minimum atomic E-state index is -0.226. The molecule has 3 heterocycles. The molecular formula is C28H21N5O. The van der Waals surface area contributed by atoms with Crippen molar-refractivity contribution in [3.63, 3.8) is 0 Å². The molecule has 34 heavy (non-hydrogen) atoms. The molecule has 0 saturated carbocycles. The van der Waals surface area contributed by atoms with E-state index in [1.807, 2.05) is 92.8 Å². The molecule has 6 heteroatoms. The summed E-state index contributed by atoms with van der Waals surface area (Å²) in [4.78, 5) is 22.4. The molecule has 5 aromatic rings. The maximum atomic E-state index is 13.4. The van der Waals surface area contributed by atoms with Crippen LogP contribution in [0.5, 0.6) is 0 Å². The van der Waals surface area contributed by atoms with Crippen LogP contribution in [0, 0.1) is 18.8 Å². The number of hydrogen-bond donors (Lipinski definition) is 1. The predicted molar refractivity (Wildman–Crippen MR) is 133 cm³/mol. The molecule has 2 aromatic carbocycles. The van der Waals surface area contributed by atoms with Crippen molar-refractivity contribution in [2.45, 2.75) is 6.92 Å². The molecule has 0 bridgehead atoms. The Bertz CT molecular complexity index is 1560. The van der Waals surface area contributed by atoms with Crippen LogP contribution in [0.25, 0.3) is 22.3 Å². The number of aromatic nitrogens is 4. The van der Waals surface area contributed by atoms with E-state index in [-0.39, 0.29) is 5.91 Å². The van der Waals surface area contributed by atoms with Crippen LogP contribution in [-0.4, -0.2) is 25.7 Å². The van der Waals surface area contributed by atoms with E-state index in [2.05, 4.69) is 27.2 Å². The number of rotatable bonds is 3. The smallest absolute Gasteiger partial charge is 0.256 e. The number of nitrogens with zero attached hydrogens (tertiary/aromatic N) is 4. The van der Waals surface area contributed by atoms with Gasteiger partial charge in [0, 0.05) is 30.1 Å². The van der Waals surface area contributed by atoms with Gasteiger partial charge in [-0.2, -0.15) is 5.10 Å². The van der Waals surface area contributed by atoms with Crippen LogP contribution in [-0.2, 0) is 7.05 Å². The second-order valence-corrected chi connectivity index (χ2v) is 7.83. The molecule has 0 aliphatic heterocycles. The Kier molecular flexibility index (Phi) is 5.59. The van der Waals surface area contributed by atoms with Gasteiger partial charge in [0.2, 0.25) is 0 Å². The number of nitrogens with one attached hydrogen (secondary N) is 1. The van der Waals surface area contributed by atoms with Crippen LogP contribution < -0.4 is 5.32 Å². The van der Waals surface area contributed by atoms with E-state index in [0.717, 1.165) is 27.9 Å². The minimum Gasteiger partial charge on any atom is -0.322 e. The summed E-state index contributed by atoms with van der Waals surface area (Å²) in [6.07, 6.45) is 1.71. The van der Waals surface area contributed by atoms with E-state index in [0.29, 0.717) is 22.6 Å². The van der Waals surface area contributed by atoms with Crippen molar-refractivity contribution in [1.29, 1.82) is 0 Å². The number of carbonyl (C=O) groups excluding carboxylic acids is 1. The lowest BCUT2D eigenvalue weighted by Crippen LogP contribution is -2.13. The first-order chi connectivity index (χ1) is 16.6. The van der Waals surface area contributed by atoms with Crippen molar-refractivity contribution < 1.29 is 4.79 Å². The monoisotopic (exact) mass is 443 g/mol. The number of aryl methyl sites for hydroxylation is 2. The fraction of sp³-hybridized carbons (Fsp3) is 0.0714. The van der Waals surface area contributed by atoms with Crippen LogP contribution in [0.15, 0.2) is 85.1 Å². The number of pyridine rings is 2. The highest BCUT2D eigenvalue weighted by Crippen LogP contribution is 2.27. The maximum Gasteiger partial charge on any atom is 0.256 e. The van der Waals surface area contributed by atoms with Gasteiger partial charge in [0.25, 0.3) is 5.91 Å². The molecule has 0 aliphatic carbocycles. The van der Waals surface area contributed by atoms with Gasteiger partial charge < -0.3 is 5.32 Å². The Morgan fingerprint density at radius 1 is 0.941 bits per heavy atom. The Labute approximate surface area is 197 Å². The summed E-state index contributed by atoms with van der Waals surface area (Å²) in [6.45, 7) is 1.89. The number of hydrogen-bond acceptors (Lipinski definition) is 4. The summed E-state index contributed by atoms with van der Waals surface area (Å²) in [5, 5.41) is 8.25. The van der Waals surface area contributed by atoms with Gasteiger partial charge in [0.15, 0.2) is 5.65 Å². The Morgan fingerprint density at radius 3 is 2.56 bits per heavy atom. The molecule has 0 unspecified atom stereocenters. The number of anilines is 1. The highest BCUT2D eigenvalue weighted by molar-refractivity contribution is 6.13. The lowest BCUT2D eigenvalue weighted by Gasteiger charge is -2.10. The topological polar surface area (TPSA) is 72.7 Å². The van der Waals surface area contributed by atoms with Crippen LogP contribution in [0.1, 0.15) is 27.3 Å². The summed E-state index contributed by atoms with van der Waals surface area (Å²) in [6, 6.07) is 24.7. The zero-order valence-corrected chi connectivity index (χ0v) is 18.8. The fourth-order valence-corrected chi connectivity index (χ4v) is 3.83. The van der Waals surface area contributed by atoms with E-state index >= 15 is 0 Å². The minimum absolute atomic E-state index is 0.226. The molecule has 164 valence electrons. The van der Waals surface area contributed by atoms with Gasteiger partial charge in [-0.25, -0.2) is 9.97 Å². The van der Waals surface area contributed by atoms with E-state index in [1.165, 1.54) is 0 Å². The van der Waals surface area contributed by atoms with Crippen LogP contribution in [0.3, 0.4) is 0 Å². The average molecular weight is 444 g/mol. The normalized spacial score (nSPS) is 10.5. The molecule has 0 spiro atoms. The predicted octanol–water partition coefficient (Wildman–Crippen LogP) is 4.99. The third-order valence-electron chi connectivity index (χ3n) is 5.40. The molecule has 1 N–H and O–H groups in total. The molecule has 3 aromatic heterocycles. The first-order valence-electron chi connectivity index (χ1n) is 10.8. The first kappa shape index (κ1) is 21.1. The summed E-state index contributed by atoms with van der Waals surface area (Å²) in [7, 11) is 1.84. The number of benzene rings is 2. The van der Waals surface area contributed by atoms with Gasteiger partial charge in [-0.1, -0.05) is 48.4 Å². The molecule has 0 aliphatic rings. The zero-order chi connectivity index (χ0) is 23.5. The molecule has 0 fully saturated rings. The van der Waals surface area contributed by atoms with E-state index < -0.39 is 0 Å². The quantitative estimate of drug-likeness (QED) is 0.399. The zero-order valence-electron chi connectivity index (χ0n) is 18.8. The molecule has 6 nitrogen and oxygen atoms in total. The van der Waals surface area contributed by atoms with Gasteiger partial charge in [-0.05, 0) is 49.2 Å². The SMILES string of the molecule is Cc1nn(C)c2nc(-c3ccccc3)cc(C(=O)Nc3cccc(C#Cc4ccccn4)c3)c12. The van der Waals surface area contributed by atoms with Crippen LogP contribution in [0.2, 0.25) is 0 Å². The molecule has 5 rings (SSSR count). The van der Waals surface area contributed by atoms with Crippen molar-refractivity contribution >= 4 is 22.6 Å². The van der Waals surface area contributed by atoms with Crippen LogP contribution in [0.4, 0.5) is 5.69 Å². The van der Waals surface area contributed by atoms with E-state index in [4.69, 9.17) is 4.98 Å². The average Bonchev–Trinajstić information content (AvgIpc) is 3.16. The number of carbonyl (C=O) groups is 1. The van der Waals surface area contributed by atoms with Crippen molar-refractivity contribution in [2.24, 2.45) is 7.05 Å². The molecular weight excluding hydrogens is 422 g/mol. The van der Waals surface area contributed by atoms with Crippen molar-refractivity contribution in [3.8, 4) is 23.1 Å². The summed E-state index contributed by atoms with van der Waals surface area (Å²) < 4.78 is 1.71. The highest BCUT2D eigenvalue weighted by atomic mass is 16.1. The number of amides is 1. The summed E-state index contributed by atoms with van der Waals surface area (Å²) in [5.74, 6) is 5.91. The molecule has 0 atom stereocenters. The standard InChI is InChI=1S/C28H21N5O/c1-19-26-24(18-25(21-10-4-3-5-11-21)31-27(26)33(2)32-19)28(34)30-23-13-8-9-20(17-23)14-15-22-12-6-7-16-29-22/h3-13,16-18H,1-2H3,(H,30,34). The lowest BCUT2D eigenvalue weighted by molar-refractivity contribution is 0.102. The Balaban J connectivity index is 1.50. The van der Waals surface area contributed by atoms with Crippen molar-refractivity contribution in [3.05, 3.63) is 108 Å². The van der Waals surface area contributed by atoms with Gasteiger partial charge in [0.1, 0.15) is 5.69 Å². The second-order valence-electron chi connectivity index (χ2n) is 7.83. The van der Waals surface area contributed by atoms with Gasteiger partial charge in [-0.3, -0.25) is 9.48 Å². The molecule has 0 radical (unpaired) electrons. The molecule has 0 saturated heterocycles. The van der Waals surface area contributed by atoms with Crippen LogP contribution >= 0.6 is 0 Å². The third-order valence-corrected chi connectivity index (χ3v) is 5.40. The second kappa shape index (κ2) is 9.00. The first-order valence-corrected chi connectivity index (χ1v) is 10.8.